The van der Waals surface area contributed by atoms with E-state index in [0.29, 0.717) is 23.3 Å². The Hall–Kier alpha value is -2.73. The van der Waals surface area contributed by atoms with E-state index in [2.05, 4.69) is 20.3 Å². The van der Waals surface area contributed by atoms with Gasteiger partial charge in [0.15, 0.2) is 11.6 Å². The highest BCUT2D eigenvalue weighted by Crippen LogP contribution is 2.24. The third-order valence-corrected chi connectivity index (χ3v) is 3.12. The highest BCUT2D eigenvalue weighted by molar-refractivity contribution is 6.29. The summed E-state index contributed by atoms with van der Waals surface area (Å²) in [4.78, 5) is 11.9. The lowest BCUT2D eigenvalue weighted by Crippen LogP contribution is -2.02. The third kappa shape index (κ3) is 4.14. The number of aromatic nitrogens is 3. The van der Waals surface area contributed by atoms with Crippen LogP contribution in [0.1, 0.15) is 5.56 Å². The molecule has 0 radical (unpaired) electrons. The molecule has 7 heteroatoms. The largest absolute Gasteiger partial charge is 0.453 e. The van der Waals surface area contributed by atoms with Gasteiger partial charge in [-0.1, -0.05) is 17.7 Å². The Morgan fingerprint density at radius 1 is 1.13 bits per heavy atom. The summed E-state index contributed by atoms with van der Waals surface area (Å²) in [5.74, 6) is 0.690. The number of anilines is 1. The number of nitrogens with one attached hydrogen (secondary N) is 1. The number of rotatable bonds is 5. The van der Waals surface area contributed by atoms with Gasteiger partial charge < -0.3 is 10.1 Å². The third-order valence-electron chi connectivity index (χ3n) is 2.94. The van der Waals surface area contributed by atoms with Gasteiger partial charge in [-0.2, -0.15) is 0 Å². The molecule has 5 nitrogen and oxygen atoms in total. The summed E-state index contributed by atoms with van der Waals surface area (Å²) >= 11 is 5.75. The van der Waals surface area contributed by atoms with Crippen molar-refractivity contribution in [3.8, 4) is 11.5 Å². The van der Waals surface area contributed by atoms with Crippen LogP contribution in [0.2, 0.25) is 5.15 Å². The SMILES string of the molecule is Fc1cc(CNc2cncc(Cl)n2)ccc1Oc1cccnc1. The minimum absolute atomic E-state index is 0.143. The van der Waals surface area contributed by atoms with Crippen LogP contribution < -0.4 is 10.1 Å². The number of hydrogen-bond donors (Lipinski definition) is 1. The molecule has 2 aromatic heterocycles. The van der Waals surface area contributed by atoms with Crippen molar-refractivity contribution in [3.05, 3.63) is 71.7 Å². The van der Waals surface area contributed by atoms with Crippen molar-refractivity contribution in [1.82, 2.24) is 15.0 Å². The van der Waals surface area contributed by atoms with E-state index < -0.39 is 5.82 Å². The summed E-state index contributed by atoms with van der Waals surface area (Å²) in [7, 11) is 0. The standard InChI is InChI=1S/C16H12ClFN4O/c17-15-9-20-10-16(22-15)21-7-11-3-4-14(13(18)6-11)23-12-2-1-5-19-8-12/h1-6,8-10H,7H2,(H,21,22). The summed E-state index contributed by atoms with van der Waals surface area (Å²) in [5, 5.41) is 3.32. The van der Waals surface area contributed by atoms with Crippen LogP contribution in [-0.4, -0.2) is 15.0 Å². The van der Waals surface area contributed by atoms with Gasteiger partial charge >= 0.3 is 0 Å². The van der Waals surface area contributed by atoms with Gasteiger partial charge in [-0.15, -0.1) is 0 Å². The Morgan fingerprint density at radius 2 is 2.04 bits per heavy atom. The number of pyridine rings is 1. The fraction of sp³-hybridized carbons (Fsp3) is 0.0625. The van der Waals surface area contributed by atoms with Crippen LogP contribution in [0.3, 0.4) is 0 Å². The molecule has 3 aromatic rings. The van der Waals surface area contributed by atoms with E-state index in [4.69, 9.17) is 16.3 Å². The van der Waals surface area contributed by atoms with Gasteiger partial charge in [0.05, 0.1) is 18.6 Å². The number of halogens is 2. The molecule has 0 fully saturated rings. The molecular formula is C16H12ClFN4O. The molecule has 1 aromatic carbocycles. The minimum Gasteiger partial charge on any atom is -0.453 e. The Bertz CT molecular complexity index is 801. The molecule has 0 saturated carbocycles. The number of nitrogens with zero attached hydrogens (tertiary/aromatic N) is 3. The normalized spacial score (nSPS) is 10.3. The van der Waals surface area contributed by atoms with Crippen molar-refractivity contribution in [2.45, 2.75) is 6.54 Å². The van der Waals surface area contributed by atoms with E-state index in [1.807, 2.05) is 0 Å². The first-order valence-corrected chi connectivity index (χ1v) is 7.16. The van der Waals surface area contributed by atoms with Crippen LogP contribution in [0.15, 0.2) is 55.1 Å². The number of hydrogen-bond acceptors (Lipinski definition) is 5. The second kappa shape index (κ2) is 7.02. The monoisotopic (exact) mass is 330 g/mol. The predicted octanol–water partition coefficient (Wildman–Crippen LogP) is 4.07. The summed E-state index contributed by atoms with van der Waals surface area (Å²) in [5.41, 5.74) is 0.739. The molecule has 0 atom stereocenters. The molecule has 2 heterocycles. The molecule has 0 saturated heterocycles. The first-order chi connectivity index (χ1) is 11.2. The average molecular weight is 331 g/mol. The number of benzene rings is 1. The molecule has 23 heavy (non-hydrogen) atoms. The van der Waals surface area contributed by atoms with E-state index in [1.54, 1.807) is 36.7 Å². The zero-order valence-corrected chi connectivity index (χ0v) is 12.7. The lowest BCUT2D eigenvalue weighted by molar-refractivity contribution is 0.440. The van der Waals surface area contributed by atoms with Crippen LogP contribution in [0.4, 0.5) is 10.2 Å². The quantitative estimate of drug-likeness (QED) is 0.764. The Balaban J connectivity index is 1.67. The molecule has 0 aliphatic carbocycles. The van der Waals surface area contributed by atoms with Crippen molar-refractivity contribution < 1.29 is 9.13 Å². The topological polar surface area (TPSA) is 59.9 Å². The molecule has 1 N–H and O–H groups in total. The van der Waals surface area contributed by atoms with Gasteiger partial charge in [0.25, 0.3) is 0 Å². The zero-order valence-electron chi connectivity index (χ0n) is 11.9. The number of ether oxygens (including phenoxy) is 1. The Labute approximate surface area is 137 Å². The van der Waals surface area contributed by atoms with Gasteiger partial charge in [-0.25, -0.2) is 9.37 Å². The van der Waals surface area contributed by atoms with Crippen LogP contribution >= 0.6 is 11.6 Å². The molecule has 116 valence electrons. The van der Waals surface area contributed by atoms with Gasteiger partial charge in [-0.05, 0) is 29.8 Å². The van der Waals surface area contributed by atoms with Crippen LogP contribution in [0.5, 0.6) is 11.5 Å². The highest BCUT2D eigenvalue weighted by Gasteiger charge is 2.07. The summed E-state index contributed by atoms with van der Waals surface area (Å²) in [6, 6.07) is 8.16. The van der Waals surface area contributed by atoms with Gasteiger partial charge in [0, 0.05) is 12.7 Å². The smallest absolute Gasteiger partial charge is 0.166 e. The summed E-state index contributed by atoms with van der Waals surface area (Å²) < 4.78 is 19.5. The zero-order chi connectivity index (χ0) is 16.1. The Morgan fingerprint density at radius 3 is 2.78 bits per heavy atom. The van der Waals surface area contributed by atoms with Crippen LogP contribution in [0.25, 0.3) is 0 Å². The van der Waals surface area contributed by atoms with Crippen molar-refractivity contribution in [2.75, 3.05) is 5.32 Å². The van der Waals surface area contributed by atoms with E-state index in [-0.39, 0.29) is 5.75 Å². The molecular weight excluding hydrogens is 319 g/mol. The molecule has 0 amide bonds. The van der Waals surface area contributed by atoms with E-state index in [9.17, 15) is 4.39 Å². The van der Waals surface area contributed by atoms with Gasteiger partial charge in [0.2, 0.25) is 0 Å². The van der Waals surface area contributed by atoms with Crippen molar-refractivity contribution in [3.63, 3.8) is 0 Å². The van der Waals surface area contributed by atoms with E-state index in [0.717, 1.165) is 5.56 Å². The second-order valence-corrected chi connectivity index (χ2v) is 5.02. The Kier molecular flexibility index (Phi) is 4.63. The molecule has 0 spiro atoms. The van der Waals surface area contributed by atoms with Crippen molar-refractivity contribution in [1.29, 1.82) is 0 Å². The lowest BCUT2D eigenvalue weighted by atomic mass is 10.2. The fourth-order valence-corrected chi connectivity index (χ4v) is 2.04. The average Bonchev–Trinajstić information content (AvgIpc) is 2.56. The van der Waals surface area contributed by atoms with E-state index in [1.165, 1.54) is 18.5 Å². The maximum absolute atomic E-state index is 14.1. The molecule has 0 aliphatic rings. The second-order valence-electron chi connectivity index (χ2n) is 4.64. The maximum atomic E-state index is 14.1. The maximum Gasteiger partial charge on any atom is 0.166 e. The summed E-state index contributed by atoms with van der Waals surface area (Å²) in [6.45, 7) is 0.388. The highest BCUT2D eigenvalue weighted by atomic mass is 35.5. The first kappa shape index (κ1) is 15.2. The first-order valence-electron chi connectivity index (χ1n) is 6.78. The van der Waals surface area contributed by atoms with Crippen molar-refractivity contribution in [2.24, 2.45) is 0 Å². The van der Waals surface area contributed by atoms with Crippen LogP contribution in [0, 0.1) is 5.82 Å². The molecule has 3 rings (SSSR count). The van der Waals surface area contributed by atoms with E-state index >= 15 is 0 Å². The molecule has 0 aliphatic heterocycles. The lowest BCUT2D eigenvalue weighted by Gasteiger charge is -2.09. The van der Waals surface area contributed by atoms with Gasteiger partial charge in [0.1, 0.15) is 16.7 Å². The molecule has 0 bridgehead atoms. The molecule has 0 unspecified atom stereocenters. The minimum atomic E-state index is -0.453. The van der Waals surface area contributed by atoms with Crippen LogP contribution in [-0.2, 0) is 6.54 Å². The van der Waals surface area contributed by atoms with Crippen molar-refractivity contribution >= 4 is 17.4 Å². The predicted molar refractivity (Wildman–Crippen MR) is 85.1 cm³/mol. The fourth-order valence-electron chi connectivity index (χ4n) is 1.89. The summed E-state index contributed by atoms with van der Waals surface area (Å²) in [6.07, 6.45) is 6.13. The van der Waals surface area contributed by atoms with Gasteiger partial charge in [-0.3, -0.25) is 9.97 Å².